The molecule has 1 heterocycles. The first kappa shape index (κ1) is 21.2. The van der Waals surface area contributed by atoms with E-state index in [-0.39, 0.29) is 36.7 Å². The van der Waals surface area contributed by atoms with Gasteiger partial charge in [-0.15, -0.1) is 0 Å². The third-order valence-corrected chi connectivity index (χ3v) is 5.73. The van der Waals surface area contributed by atoms with Crippen LogP contribution in [0.3, 0.4) is 0 Å². The maximum atomic E-state index is 13.2. The van der Waals surface area contributed by atoms with Gasteiger partial charge in [0.1, 0.15) is 5.82 Å². The van der Waals surface area contributed by atoms with Crippen molar-refractivity contribution >= 4 is 23.4 Å². The van der Waals surface area contributed by atoms with Crippen molar-refractivity contribution < 1.29 is 23.7 Å². The molecule has 0 radical (unpaired) electrons. The molecule has 2 fully saturated rings. The van der Waals surface area contributed by atoms with Crippen LogP contribution in [-0.4, -0.2) is 61.9 Å². The van der Waals surface area contributed by atoms with Crippen molar-refractivity contribution in [1.29, 1.82) is 0 Å². The van der Waals surface area contributed by atoms with Crippen molar-refractivity contribution in [2.45, 2.75) is 32.1 Å². The fourth-order valence-corrected chi connectivity index (χ4v) is 4.03. The number of carbonyl (C=O) groups excluding carboxylic acids is 3. The van der Waals surface area contributed by atoms with Crippen LogP contribution in [0.25, 0.3) is 0 Å². The lowest BCUT2D eigenvalue weighted by atomic mass is 9.89. The molecule has 1 aliphatic heterocycles. The fourth-order valence-electron chi connectivity index (χ4n) is 4.03. The molecular weight excluding hydrogens is 375 g/mol. The molecule has 2 aliphatic rings. The summed E-state index contributed by atoms with van der Waals surface area (Å²) in [6.07, 6.45) is 5.20. The van der Waals surface area contributed by atoms with Crippen LogP contribution in [0.4, 0.5) is 10.1 Å². The summed E-state index contributed by atoms with van der Waals surface area (Å²) in [6.45, 7) is 2.76. The lowest BCUT2D eigenvalue weighted by Gasteiger charge is -2.32. The number of nitrogens with one attached hydrogen (secondary N) is 3. The molecule has 0 atom stereocenters. The van der Waals surface area contributed by atoms with Crippen LogP contribution < -0.4 is 15.5 Å². The number of rotatable bonds is 6. The second-order valence-electron chi connectivity index (χ2n) is 7.92. The summed E-state index contributed by atoms with van der Waals surface area (Å²) in [5.41, 5.74) is 0.442. The van der Waals surface area contributed by atoms with E-state index in [0.717, 1.165) is 30.6 Å². The molecule has 7 nitrogen and oxygen atoms in total. The molecular formula is C21H30FN4O3+. The van der Waals surface area contributed by atoms with Gasteiger partial charge in [0.15, 0.2) is 6.54 Å². The van der Waals surface area contributed by atoms with E-state index in [1.54, 1.807) is 17.0 Å². The number of hydrogen-bond acceptors (Lipinski definition) is 3. The van der Waals surface area contributed by atoms with E-state index in [9.17, 15) is 18.8 Å². The number of anilines is 1. The number of halogens is 1. The highest BCUT2D eigenvalue weighted by atomic mass is 19.1. The molecule has 3 rings (SSSR count). The Morgan fingerprint density at radius 2 is 1.83 bits per heavy atom. The summed E-state index contributed by atoms with van der Waals surface area (Å²) >= 11 is 0. The summed E-state index contributed by atoms with van der Waals surface area (Å²) in [7, 11) is 0. The van der Waals surface area contributed by atoms with Gasteiger partial charge in [-0.05, 0) is 31.0 Å². The minimum atomic E-state index is -0.391. The molecule has 1 saturated carbocycles. The molecule has 0 unspecified atom stereocenters. The van der Waals surface area contributed by atoms with Gasteiger partial charge in [-0.1, -0.05) is 25.3 Å². The van der Waals surface area contributed by atoms with Crippen molar-refractivity contribution in [3.05, 3.63) is 30.1 Å². The SMILES string of the molecule is O=C(C[NH+]1CCN(C(=O)CNC(=O)C2CCCCC2)CC1)Nc1cccc(F)c1. The molecule has 1 saturated heterocycles. The zero-order valence-corrected chi connectivity index (χ0v) is 16.7. The molecule has 1 aromatic rings. The van der Waals surface area contributed by atoms with Crippen molar-refractivity contribution in [3.8, 4) is 0 Å². The van der Waals surface area contributed by atoms with E-state index < -0.39 is 5.82 Å². The Kier molecular flexibility index (Phi) is 7.57. The number of hydrogen-bond donors (Lipinski definition) is 3. The minimum absolute atomic E-state index is 0.00340. The average molecular weight is 405 g/mol. The maximum Gasteiger partial charge on any atom is 0.279 e. The first-order valence-corrected chi connectivity index (χ1v) is 10.5. The molecule has 8 heteroatoms. The predicted octanol–water partition coefficient (Wildman–Crippen LogP) is 0.188. The summed E-state index contributed by atoms with van der Waals surface area (Å²) in [5, 5.41) is 5.49. The van der Waals surface area contributed by atoms with Gasteiger partial charge in [-0.25, -0.2) is 4.39 Å². The Balaban J connectivity index is 1.35. The van der Waals surface area contributed by atoms with Crippen LogP contribution in [0.1, 0.15) is 32.1 Å². The van der Waals surface area contributed by atoms with E-state index in [1.807, 2.05) is 0 Å². The predicted molar refractivity (Wildman–Crippen MR) is 107 cm³/mol. The molecule has 0 bridgehead atoms. The Hall–Kier alpha value is -2.48. The standard InChI is InChI=1S/C21H29FN4O3/c22-17-7-4-8-18(13-17)24-19(27)15-25-9-11-26(12-10-25)20(28)14-23-21(29)16-5-2-1-3-6-16/h4,7-8,13,16H,1-3,5-6,9-12,14-15H2,(H,23,29)(H,24,27)/p+1. The molecule has 3 N–H and O–H groups in total. The molecule has 1 aliphatic carbocycles. The van der Waals surface area contributed by atoms with Crippen LogP contribution in [0.5, 0.6) is 0 Å². The number of carbonyl (C=O) groups is 3. The van der Waals surface area contributed by atoms with Crippen molar-refractivity contribution in [2.24, 2.45) is 5.92 Å². The zero-order chi connectivity index (χ0) is 20.6. The van der Waals surface area contributed by atoms with Crippen LogP contribution in [0, 0.1) is 11.7 Å². The van der Waals surface area contributed by atoms with Gasteiger partial charge in [0, 0.05) is 11.6 Å². The van der Waals surface area contributed by atoms with Crippen LogP contribution >= 0.6 is 0 Å². The summed E-state index contributed by atoms with van der Waals surface area (Å²) in [5.74, 6) is -0.592. The number of amides is 3. The van der Waals surface area contributed by atoms with Gasteiger partial charge >= 0.3 is 0 Å². The second kappa shape index (κ2) is 10.3. The van der Waals surface area contributed by atoms with Crippen molar-refractivity contribution in [1.82, 2.24) is 10.2 Å². The van der Waals surface area contributed by atoms with Gasteiger partial charge in [-0.3, -0.25) is 14.4 Å². The third kappa shape index (κ3) is 6.52. The maximum absolute atomic E-state index is 13.2. The normalized spacial score (nSPS) is 18.3. The van der Waals surface area contributed by atoms with Crippen LogP contribution in [0.15, 0.2) is 24.3 Å². The Morgan fingerprint density at radius 3 is 2.52 bits per heavy atom. The summed E-state index contributed by atoms with van der Waals surface area (Å²) in [6, 6.07) is 5.81. The summed E-state index contributed by atoms with van der Waals surface area (Å²) in [4.78, 5) is 39.5. The smallest absolute Gasteiger partial charge is 0.279 e. The molecule has 29 heavy (non-hydrogen) atoms. The minimum Gasteiger partial charge on any atom is -0.347 e. The number of nitrogens with zero attached hydrogens (tertiary/aromatic N) is 1. The fraction of sp³-hybridized carbons (Fsp3) is 0.571. The molecule has 3 amide bonds. The quantitative estimate of drug-likeness (QED) is 0.632. The van der Waals surface area contributed by atoms with Crippen molar-refractivity contribution in [3.63, 3.8) is 0 Å². The van der Waals surface area contributed by atoms with E-state index in [4.69, 9.17) is 0 Å². The average Bonchev–Trinajstić information content (AvgIpc) is 2.73. The van der Waals surface area contributed by atoms with Gasteiger partial charge in [0.05, 0.1) is 32.7 Å². The van der Waals surface area contributed by atoms with Gasteiger partial charge < -0.3 is 20.4 Å². The van der Waals surface area contributed by atoms with Crippen LogP contribution in [0.2, 0.25) is 0 Å². The lowest BCUT2D eigenvalue weighted by molar-refractivity contribution is -0.895. The Morgan fingerprint density at radius 1 is 1.10 bits per heavy atom. The van der Waals surface area contributed by atoms with Crippen molar-refractivity contribution in [2.75, 3.05) is 44.6 Å². The third-order valence-electron chi connectivity index (χ3n) is 5.73. The Bertz CT molecular complexity index is 728. The van der Waals surface area contributed by atoms with Gasteiger partial charge in [-0.2, -0.15) is 0 Å². The highest BCUT2D eigenvalue weighted by molar-refractivity contribution is 5.91. The van der Waals surface area contributed by atoms with Crippen LogP contribution in [-0.2, 0) is 14.4 Å². The highest BCUT2D eigenvalue weighted by Crippen LogP contribution is 2.23. The lowest BCUT2D eigenvalue weighted by Crippen LogP contribution is -3.15. The van der Waals surface area contributed by atoms with E-state index in [0.29, 0.717) is 31.9 Å². The zero-order valence-electron chi connectivity index (χ0n) is 16.7. The topological polar surface area (TPSA) is 83.0 Å². The number of quaternary nitrogens is 1. The number of benzene rings is 1. The highest BCUT2D eigenvalue weighted by Gasteiger charge is 2.26. The van der Waals surface area contributed by atoms with E-state index in [2.05, 4.69) is 10.6 Å². The van der Waals surface area contributed by atoms with E-state index >= 15 is 0 Å². The molecule has 158 valence electrons. The second-order valence-corrected chi connectivity index (χ2v) is 7.92. The van der Waals surface area contributed by atoms with Gasteiger partial charge in [0.2, 0.25) is 11.8 Å². The molecule has 0 spiro atoms. The van der Waals surface area contributed by atoms with Gasteiger partial charge in [0.25, 0.3) is 5.91 Å². The molecule has 1 aromatic carbocycles. The molecule has 0 aromatic heterocycles. The van der Waals surface area contributed by atoms with E-state index in [1.165, 1.54) is 18.6 Å². The first-order chi connectivity index (χ1) is 14.0. The Labute approximate surface area is 170 Å². The number of piperazine rings is 1. The summed E-state index contributed by atoms with van der Waals surface area (Å²) < 4.78 is 13.2. The monoisotopic (exact) mass is 405 g/mol. The largest absolute Gasteiger partial charge is 0.347 e. The first-order valence-electron chi connectivity index (χ1n) is 10.5.